The van der Waals surface area contributed by atoms with Crippen LogP contribution < -0.4 is 5.32 Å². The molecular weight excluding hydrogens is 413 g/mol. The first-order chi connectivity index (χ1) is 13.9. The van der Waals surface area contributed by atoms with E-state index in [2.05, 4.69) is 16.9 Å². The number of thioether (sulfide) groups is 1. The highest BCUT2D eigenvalue weighted by Crippen LogP contribution is 2.33. The van der Waals surface area contributed by atoms with E-state index in [1.165, 1.54) is 34.9 Å². The fraction of sp³-hybridized carbons (Fsp3) is 0.190. The Kier molecular flexibility index (Phi) is 6.71. The zero-order valence-electron chi connectivity index (χ0n) is 15.7. The molecule has 1 N–H and O–H groups in total. The number of carbonyl (C=O) groups is 2. The molecule has 1 fully saturated rings. The summed E-state index contributed by atoms with van der Waals surface area (Å²) in [6.07, 6.45) is 1.50. The smallest absolute Gasteiger partial charge is 0.242 e. The van der Waals surface area contributed by atoms with Gasteiger partial charge in [-0.15, -0.1) is 6.58 Å². The second-order valence-corrected chi connectivity index (χ2v) is 7.98. The number of carbonyl (C=O) groups excluding carboxylic acids is 2. The lowest BCUT2D eigenvalue weighted by atomic mass is 10.2. The molecule has 0 radical (unpaired) electrons. The molecule has 150 valence electrons. The third-order valence-electron chi connectivity index (χ3n) is 4.23. The molecule has 0 saturated carbocycles. The van der Waals surface area contributed by atoms with E-state index in [0.29, 0.717) is 15.9 Å². The molecule has 8 heteroatoms. The molecule has 1 aliphatic rings. The number of halogens is 2. The van der Waals surface area contributed by atoms with E-state index in [0.717, 1.165) is 5.56 Å². The number of aryl methyl sites for hydroxylation is 1. The Hall–Kier alpha value is -2.64. The summed E-state index contributed by atoms with van der Waals surface area (Å²) in [7, 11) is 0. The largest absolute Gasteiger partial charge is 0.324 e. The quantitative estimate of drug-likeness (QED) is 0.659. The Morgan fingerprint density at radius 3 is 2.83 bits per heavy atom. The van der Waals surface area contributed by atoms with Crippen LogP contribution in [0.1, 0.15) is 12.0 Å². The molecule has 1 heterocycles. The molecule has 3 rings (SSSR count). The molecule has 0 unspecified atom stereocenters. The van der Waals surface area contributed by atoms with Crippen molar-refractivity contribution in [3.63, 3.8) is 0 Å². The molecule has 1 atom stereocenters. The van der Waals surface area contributed by atoms with Crippen molar-refractivity contribution in [3.8, 4) is 0 Å². The van der Waals surface area contributed by atoms with Crippen LogP contribution in [0.5, 0.6) is 0 Å². The standard InChI is InChI=1S/C21H19ClFN3O2S/c1-3-10-26-20(28)18(12-19(27)25-17-7-5-4-6-16(17)23)29-21(26)24-14-9-8-13(2)15(22)11-14/h3-9,11,18H,1,10,12H2,2H3,(H,25,27)/t18-/m0/s1. The van der Waals surface area contributed by atoms with Crippen molar-refractivity contribution in [3.05, 3.63) is 71.5 Å². The van der Waals surface area contributed by atoms with Gasteiger partial charge in [0, 0.05) is 18.0 Å². The van der Waals surface area contributed by atoms with E-state index in [-0.39, 0.29) is 24.6 Å². The highest BCUT2D eigenvalue weighted by atomic mass is 35.5. The van der Waals surface area contributed by atoms with Crippen LogP contribution >= 0.6 is 23.4 Å². The Morgan fingerprint density at radius 1 is 1.38 bits per heavy atom. The van der Waals surface area contributed by atoms with Crippen molar-refractivity contribution >= 4 is 51.7 Å². The summed E-state index contributed by atoms with van der Waals surface area (Å²) in [6, 6.07) is 11.3. The minimum atomic E-state index is -0.651. The van der Waals surface area contributed by atoms with Crippen molar-refractivity contribution in [2.24, 2.45) is 4.99 Å². The SMILES string of the molecule is C=CCN1C(=O)[C@H](CC(=O)Nc2ccccc2F)SC1=Nc1ccc(C)c(Cl)c1. The predicted octanol–water partition coefficient (Wildman–Crippen LogP) is 4.93. The average molecular weight is 432 g/mol. The fourth-order valence-corrected chi connectivity index (χ4v) is 4.06. The molecule has 1 saturated heterocycles. The Morgan fingerprint density at radius 2 is 2.14 bits per heavy atom. The number of aliphatic imine (C=N–C) groups is 1. The van der Waals surface area contributed by atoms with Gasteiger partial charge in [-0.1, -0.05) is 47.6 Å². The molecule has 1 aliphatic heterocycles. The lowest BCUT2D eigenvalue weighted by molar-refractivity contribution is -0.127. The van der Waals surface area contributed by atoms with Crippen LogP contribution in [0.25, 0.3) is 0 Å². The summed E-state index contributed by atoms with van der Waals surface area (Å²) in [5.41, 5.74) is 1.62. The first-order valence-corrected chi connectivity index (χ1v) is 10.1. The van der Waals surface area contributed by atoms with E-state index >= 15 is 0 Å². The lowest BCUT2D eigenvalue weighted by Gasteiger charge is -2.14. The molecule has 2 aromatic rings. The first kappa shape index (κ1) is 21.1. The van der Waals surface area contributed by atoms with Crippen LogP contribution in [0.4, 0.5) is 15.8 Å². The maximum atomic E-state index is 13.7. The van der Waals surface area contributed by atoms with Crippen LogP contribution in [0.3, 0.4) is 0 Å². The molecule has 0 bridgehead atoms. The van der Waals surface area contributed by atoms with Gasteiger partial charge in [0.25, 0.3) is 0 Å². The van der Waals surface area contributed by atoms with E-state index in [9.17, 15) is 14.0 Å². The first-order valence-electron chi connectivity index (χ1n) is 8.87. The number of nitrogens with zero attached hydrogens (tertiary/aromatic N) is 2. The van der Waals surface area contributed by atoms with E-state index < -0.39 is 17.0 Å². The van der Waals surface area contributed by atoms with E-state index in [1.54, 1.807) is 18.2 Å². The second kappa shape index (κ2) is 9.24. The van der Waals surface area contributed by atoms with Gasteiger partial charge in [-0.25, -0.2) is 9.38 Å². The minimum absolute atomic E-state index is 0.0825. The van der Waals surface area contributed by atoms with E-state index in [4.69, 9.17) is 11.6 Å². The van der Waals surface area contributed by atoms with Gasteiger partial charge in [-0.05, 0) is 36.8 Å². The number of nitrogens with one attached hydrogen (secondary N) is 1. The zero-order chi connectivity index (χ0) is 21.0. The van der Waals surface area contributed by atoms with Crippen LogP contribution in [-0.2, 0) is 9.59 Å². The number of anilines is 1. The summed E-state index contributed by atoms with van der Waals surface area (Å²) in [5.74, 6) is -1.22. The monoisotopic (exact) mass is 431 g/mol. The summed E-state index contributed by atoms with van der Waals surface area (Å²) < 4.78 is 13.7. The lowest BCUT2D eigenvalue weighted by Crippen LogP contribution is -2.33. The van der Waals surface area contributed by atoms with Gasteiger partial charge in [-0.2, -0.15) is 0 Å². The number of rotatable bonds is 6. The Labute approximate surface area is 177 Å². The molecule has 0 aromatic heterocycles. The highest BCUT2D eigenvalue weighted by molar-refractivity contribution is 8.15. The number of amides is 2. The molecule has 5 nitrogen and oxygen atoms in total. The van der Waals surface area contributed by atoms with Crippen molar-refractivity contribution in [1.82, 2.24) is 4.90 Å². The molecule has 0 aliphatic carbocycles. The van der Waals surface area contributed by atoms with Gasteiger partial charge in [0.1, 0.15) is 11.1 Å². The maximum absolute atomic E-state index is 13.7. The topological polar surface area (TPSA) is 61.8 Å². The molecule has 29 heavy (non-hydrogen) atoms. The highest BCUT2D eigenvalue weighted by Gasteiger charge is 2.38. The van der Waals surface area contributed by atoms with Gasteiger partial charge in [0.15, 0.2) is 5.17 Å². The summed E-state index contributed by atoms with van der Waals surface area (Å²) in [4.78, 5) is 31.1. The third-order valence-corrected chi connectivity index (χ3v) is 5.81. The number of hydrogen-bond acceptors (Lipinski definition) is 4. The van der Waals surface area contributed by atoms with Crippen molar-refractivity contribution in [2.75, 3.05) is 11.9 Å². The van der Waals surface area contributed by atoms with Crippen molar-refractivity contribution in [2.45, 2.75) is 18.6 Å². The third kappa shape index (κ3) is 5.05. The summed E-state index contributed by atoms with van der Waals surface area (Å²) in [6.45, 7) is 5.84. The Balaban J connectivity index is 1.76. The van der Waals surface area contributed by atoms with Crippen LogP contribution in [0, 0.1) is 12.7 Å². The maximum Gasteiger partial charge on any atom is 0.242 e. The van der Waals surface area contributed by atoms with Crippen LogP contribution in [-0.4, -0.2) is 33.7 Å². The second-order valence-electron chi connectivity index (χ2n) is 6.40. The summed E-state index contributed by atoms with van der Waals surface area (Å²) in [5, 5.41) is 2.91. The number of amidine groups is 1. The summed E-state index contributed by atoms with van der Waals surface area (Å²) >= 11 is 7.35. The molecular formula is C21H19ClFN3O2S. The fourth-order valence-electron chi connectivity index (χ4n) is 2.72. The Bertz CT molecular complexity index is 996. The average Bonchev–Trinajstić information content (AvgIpc) is 2.95. The van der Waals surface area contributed by atoms with Crippen LogP contribution in [0.2, 0.25) is 5.02 Å². The molecule has 2 aromatic carbocycles. The van der Waals surface area contributed by atoms with Crippen molar-refractivity contribution in [1.29, 1.82) is 0 Å². The van der Waals surface area contributed by atoms with E-state index in [1.807, 2.05) is 19.1 Å². The normalized spacial score (nSPS) is 17.6. The molecule has 2 amide bonds. The molecule has 0 spiro atoms. The van der Waals surface area contributed by atoms with Crippen molar-refractivity contribution < 1.29 is 14.0 Å². The number of benzene rings is 2. The number of hydrogen-bond donors (Lipinski definition) is 1. The van der Waals surface area contributed by atoms with Gasteiger partial charge in [0.2, 0.25) is 11.8 Å². The zero-order valence-corrected chi connectivity index (χ0v) is 17.3. The minimum Gasteiger partial charge on any atom is -0.324 e. The van der Waals surface area contributed by atoms with Gasteiger partial charge in [-0.3, -0.25) is 14.5 Å². The van der Waals surface area contributed by atoms with Gasteiger partial charge < -0.3 is 5.32 Å². The van der Waals surface area contributed by atoms with Gasteiger partial charge in [0.05, 0.1) is 11.4 Å². The predicted molar refractivity (Wildman–Crippen MR) is 116 cm³/mol. The number of para-hydroxylation sites is 1. The van der Waals surface area contributed by atoms with Crippen LogP contribution in [0.15, 0.2) is 60.1 Å². The van der Waals surface area contributed by atoms with Gasteiger partial charge >= 0.3 is 0 Å².